The fraction of sp³-hybridized carbons (Fsp3) is 0.526. The lowest BCUT2D eigenvalue weighted by atomic mass is 10.0. The second-order valence-corrected chi connectivity index (χ2v) is 7.46. The van der Waals surface area contributed by atoms with Gasteiger partial charge in [0.1, 0.15) is 5.82 Å². The van der Waals surface area contributed by atoms with Crippen molar-refractivity contribution in [1.82, 2.24) is 14.9 Å². The van der Waals surface area contributed by atoms with Crippen LogP contribution in [0.4, 0.5) is 10.9 Å². The molecule has 2 aromatic heterocycles. The molecule has 1 saturated heterocycles. The molecule has 0 aromatic carbocycles. The van der Waals surface area contributed by atoms with Crippen LogP contribution in [0.25, 0.3) is 0 Å². The first-order valence-electron chi connectivity index (χ1n) is 9.33. The van der Waals surface area contributed by atoms with Crippen molar-refractivity contribution in [3.8, 4) is 0 Å². The number of pyridine rings is 1. The van der Waals surface area contributed by atoms with Gasteiger partial charge < -0.3 is 10.2 Å². The highest BCUT2D eigenvalue weighted by atomic mass is 32.1. The van der Waals surface area contributed by atoms with Gasteiger partial charge in [0, 0.05) is 50.2 Å². The number of nitrogens with one attached hydrogen (secondary N) is 1. The van der Waals surface area contributed by atoms with E-state index < -0.39 is 0 Å². The zero-order valence-electron chi connectivity index (χ0n) is 15.5. The smallest absolute Gasteiger partial charge is 0.229 e. The molecule has 2 aromatic rings. The summed E-state index contributed by atoms with van der Waals surface area (Å²) < 4.78 is 0. The molecular formula is C19H27N5OS. The average Bonchev–Trinajstić information content (AvgIpc) is 3.11. The second-order valence-electron chi connectivity index (χ2n) is 6.60. The van der Waals surface area contributed by atoms with Crippen LogP contribution in [0, 0.1) is 5.92 Å². The van der Waals surface area contributed by atoms with Crippen molar-refractivity contribution >= 4 is 28.2 Å². The van der Waals surface area contributed by atoms with Crippen molar-refractivity contribution in [2.45, 2.75) is 33.2 Å². The normalized spacial score (nSPS) is 15.4. The molecule has 0 bridgehead atoms. The van der Waals surface area contributed by atoms with E-state index >= 15 is 0 Å². The third-order valence-electron chi connectivity index (χ3n) is 4.87. The number of hydrogen-bond donors (Lipinski definition) is 1. The minimum absolute atomic E-state index is 0.0713. The average molecular weight is 374 g/mol. The van der Waals surface area contributed by atoms with Crippen molar-refractivity contribution in [3.05, 3.63) is 35.5 Å². The van der Waals surface area contributed by atoms with Gasteiger partial charge in [0.05, 0.1) is 5.69 Å². The van der Waals surface area contributed by atoms with Gasteiger partial charge in [0.2, 0.25) is 5.91 Å². The van der Waals surface area contributed by atoms with Gasteiger partial charge in [0.15, 0.2) is 5.13 Å². The van der Waals surface area contributed by atoms with Crippen LogP contribution in [0.1, 0.15) is 32.4 Å². The van der Waals surface area contributed by atoms with Crippen LogP contribution < -0.4 is 10.2 Å². The summed E-state index contributed by atoms with van der Waals surface area (Å²) in [5.41, 5.74) is 1.03. The van der Waals surface area contributed by atoms with E-state index in [-0.39, 0.29) is 11.8 Å². The largest absolute Gasteiger partial charge is 0.354 e. The summed E-state index contributed by atoms with van der Waals surface area (Å²) in [4.78, 5) is 25.9. The molecule has 3 rings (SSSR count). The number of nitrogens with zero attached hydrogens (tertiary/aromatic N) is 4. The van der Waals surface area contributed by atoms with E-state index in [1.807, 2.05) is 37.6 Å². The highest BCUT2D eigenvalue weighted by Gasteiger charge is 2.19. The zero-order valence-corrected chi connectivity index (χ0v) is 16.3. The first-order chi connectivity index (χ1) is 12.7. The SMILES string of the molecule is CCC(CC)C(=O)Nc1nc(CN2CCN(c3ccccn3)CC2)cs1. The maximum atomic E-state index is 12.2. The third kappa shape index (κ3) is 4.80. The fourth-order valence-corrected chi connectivity index (χ4v) is 3.91. The summed E-state index contributed by atoms with van der Waals surface area (Å²) >= 11 is 1.51. The molecule has 140 valence electrons. The highest BCUT2D eigenvalue weighted by Crippen LogP contribution is 2.20. The van der Waals surface area contributed by atoms with Crippen molar-refractivity contribution in [1.29, 1.82) is 0 Å². The third-order valence-corrected chi connectivity index (χ3v) is 5.68. The molecule has 0 saturated carbocycles. The maximum Gasteiger partial charge on any atom is 0.229 e. The van der Waals surface area contributed by atoms with Gasteiger partial charge in [0.25, 0.3) is 0 Å². The molecule has 0 unspecified atom stereocenters. The Labute approximate surface area is 159 Å². The van der Waals surface area contributed by atoms with E-state index in [1.165, 1.54) is 11.3 Å². The second kappa shape index (κ2) is 9.09. The minimum atomic E-state index is 0.0713. The Kier molecular flexibility index (Phi) is 6.57. The van der Waals surface area contributed by atoms with Gasteiger partial charge in [-0.1, -0.05) is 19.9 Å². The first kappa shape index (κ1) is 18.8. The predicted molar refractivity (Wildman–Crippen MR) is 107 cm³/mol. The van der Waals surface area contributed by atoms with E-state index in [2.05, 4.69) is 31.2 Å². The number of carbonyl (C=O) groups is 1. The number of hydrogen-bond acceptors (Lipinski definition) is 6. The predicted octanol–water partition coefficient (Wildman–Crippen LogP) is 3.24. The number of piperazine rings is 1. The number of rotatable bonds is 7. The highest BCUT2D eigenvalue weighted by molar-refractivity contribution is 7.13. The zero-order chi connectivity index (χ0) is 18.4. The monoisotopic (exact) mass is 373 g/mol. The molecule has 0 aliphatic carbocycles. The van der Waals surface area contributed by atoms with Crippen LogP contribution in [-0.2, 0) is 11.3 Å². The van der Waals surface area contributed by atoms with Gasteiger partial charge in [-0.3, -0.25) is 9.69 Å². The van der Waals surface area contributed by atoms with Gasteiger partial charge in [-0.05, 0) is 25.0 Å². The Morgan fingerprint density at radius 2 is 2.00 bits per heavy atom. The number of thiazole rings is 1. The van der Waals surface area contributed by atoms with Gasteiger partial charge in [-0.25, -0.2) is 9.97 Å². The van der Waals surface area contributed by atoms with Crippen molar-refractivity contribution in [3.63, 3.8) is 0 Å². The molecule has 26 heavy (non-hydrogen) atoms. The molecule has 0 spiro atoms. The van der Waals surface area contributed by atoms with Crippen molar-refractivity contribution in [2.24, 2.45) is 5.92 Å². The molecule has 1 aliphatic rings. The number of amides is 1. The Morgan fingerprint density at radius 3 is 2.65 bits per heavy atom. The summed E-state index contributed by atoms with van der Waals surface area (Å²) in [6.07, 6.45) is 3.57. The van der Waals surface area contributed by atoms with Crippen LogP contribution in [0.5, 0.6) is 0 Å². The lowest BCUT2D eigenvalue weighted by molar-refractivity contribution is -0.120. The molecule has 3 heterocycles. The number of aromatic nitrogens is 2. The molecule has 1 fully saturated rings. The molecular weight excluding hydrogens is 346 g/mol. The van der Waals surface area contributed by atoms with Gasteiger partial charge in [-0.15, -0.1) is 11.3 Å². The molecule has 0 atom stereocenters. The topological polar surface area (TPSA) is 61.4 Å². The molecule has 1 N–H and O–H groups in total. The van der Waals surface area contributed by atoms with Crippen LogP contribution in [-0.4, -0.2) is 47.0 Å². The summed E-state index contributed by atoms with van der Waals surface area (Å²) in [6.45, 7) is 8.84. The van der Waals surface area contributed by atoms with E-state index in [1.54, 1.807) is 0 Å². The van der Waals surface area contributed by atoms with Crippen LogP contribution in [0.15, 0.2) is 29.8 Å². The van der Waals surface area contributed by atoms with Crippen LogP contribution in [0.3, 0.4) is 0 Å². The van der Waals surface area contributed by atoms with Crippen molar-refractivity contribution < 1.29 is 4.79 Å². The van der Waals surface area contributed by atoms with Gasteiger partial charge >= 0.3 is 0 Å². The van der Waals surface area contributed by atoms with Crippen LogP contribution in [0.2, 0.25) is 0 Å². The fourth-order valence-electron chi connectivity index (χ4n) is 3.21. The first-order valence-corrected chi connectivity index (χ1v) is 10.2. The maximum absolute atomic E-state index is 12.2. The number of anilines is 2. The van der Waals surface area contributed by atoms with Gasteiger partial charge in [-0.2, -0.15) is 0 Å². The summed E-state index contributed by atoms with van der Waals surface area (Å²) in [5.74, 6) is 1.20. The standard InChI is InChI=1S/C19H27N5OS/c1-3-15(4-2)18(25)22-19-21-16(14-26-19)13-23-9-11-24(12-10-23)17-7-5-6-8-20-17/h5-8,14-15H,3-4,9-13H2,1-2H3,(H,21,22,25). The van der Waals surface area contributed by atoms with Crippen molar-refractivity contribution in [2.75, 3.05) is 36.4 Å². The Morgan fingerprint density at radius 1 is 1.23 bits per heavy atom. The molecule has 1 amide bonds. The van der Waals surface area contributed by atoms with E-state index in [0.717, 1.165) is 57.1 Å². The lowest BCUT2D eigenvalue weighted by Crippen LogP contribution is -2.46. The summed E-state index contributed by atoms with van der Waals surface area (Å²) in [7, 11) is 0. The Balaban J connectivity index is 1.49. The molecule has 7 heteroatoms. The van der Waals surface area contributed by atoms with E-state index in [9.17, 15) is 4.79 Å². The summed E-state index contributed by atoms with van der Waals surface area (Å²) in [6, 6.07) is 6.04. The van der Waals surface area contributed by atoms with E-state index in [4.69, 9.17) is 0 Å². The minimum Gasteiger partial charge on any atom is -0.354 e. The molecule has 6 nitrogen and oxygen atoms in total. The lowest BCUT2D eigenvalue weighted by Gasteiger charge is -2.35. The molecule has 1 aliphatic heterocycles. The quantitative estimate of drug-likeness (QED) is 0.807. The van der Waals surface area contributed by atoms with E-state index in [0.29, 0.717) is 5.13 Å². The number of carbonyl (C=O) groups excluding carboxylic acids is 1. The van der Waals surface area contributed by atoms with Crippen LogP contribution >= 0.6 is 11.3 Å². The summed E-state index contributed by atoms with van der Waals surface area (Å²) in [5, 5.41) is 5.72. The molecule has 0 radical (unpaired) electrons. The Hall–Kier alpha value is -1.99. The Bertz CT molecular complexity index is 693.